The zero-order chi connectivity index (χ0) is 19.9. The third-order valence-electron chi connectivity index (χ3n) is 4.86. The van der Waals surface area contributed by atoms with Gasteiger partial charge in [-0.05, 0) is 48.7 Å². The van der Waals surface area contributed by atoms with Crippen molar-refractivity contribution in [1.82, 2.24) is 0 Å². The second-order valence-corrected chi connectivity index (χ2v) is 6.77. The molecule has 0 fully saturated rings. The van der Waals surface area contributed by atoms with Gasteiger partial charge in [-0.15, -0.1) is 0 Å². The minimum Gasteiger partial charge on any atom is -0.497 e. The molecule has 27 heavy (non-hydrogen) atoms. The van der Waals surface area contributed by atoms with E-state index in [0.717, 1.165) is 61.5 Å². The molecule has 0 N–H and O–H groups in total. The molecule has 0 aliphatic rings. The molecule has 0 saturated heterocycles. The van der Waals surface area contributed by atoms with Gasteiger partial charge < -0.3 is 9.64 Å². The van der Waals surface area contributed by atoms with Gasteiger partial charge in [-0.25, -0.2) is 0 Å². The molecule has 0 spiro atoms. The SMILES string of the molecule is CCCCC(CC)CN(c1ccc(C(F)(F)F)cc1)c1cccc(OC)c1. The number of hydrogen-bond acceptors (Lipinski definition) is 2. The van der Waals surface area contributed by atoms with Gasteiger partial charge in [0.2, 0.25) is 0 Å². The highest BCUT2D eigenvalue weighted by molar-refractivity contribution is 5.65. The van der Waals surface area contributed by atoms with E-state index in [-0.39, 0.29) is 0 Å². The zero-order valence-corrected chi connectivity index (χ0v) is 16.2. The van der Waals surface area contributed by atoms with Crippen LogP contribution in [0.15, 0.2) is 48.5 Å². The van der Waals surface area contributed by atoms with Crippen molar-refractivity contribution in [2.45, 2.75) is 45.7 Å². The van der Waals surface area contributed by atoms with E-state index < -0.39 is 11.7 Å². The van der Waals surface area contributed by atoms with Gasteiger partial charge in [0.05, 0.1) is 12.7 Å². The largest absolute Gasteiger partial charge is 0.497 e. The molecule has 0 aliphatic carbocycles. The Morgan fingerprint density at radius 2 is 1.70 bits per heavy atom. The highest BCUT2D eigenvalue weighted by atomic mass is 19.4. The number of benzene rings is 2. The number of anilines is 2. The Bertz CT molecular complexity index is 697. The Morgan fingerprint density at radius 1 is 1.00 bits per heavy atom. The molecule has 0 saturated carbocycles. The van der Waals surface area contributed by atoms with Crippen LogP contribution in [0.3, 0.4) is 0 Å². The molecule has 2 aromatic rings. The standard InChI is InChI=1S/C22H28F3NO/c1-4-6-8-17(5-2)16-26(20-9-7-10-21(15-20)27-3)19-13-11-18(12-14-19)22(23,24)25/h7,9-15,17H,4-6,8,16H2,1-3H3. The van der Waals surface area contributed by atoms with Crippen LogP contribution in [-0.4, -0.2) is 13.7 Å². The maximum atomic E-state index is 12.9. The lowest BCUT2D eigenvalue weighted by molar-refractivity contribution is -0.137. The number of halogens is 3. The maximum Gasteiger partial charge on any atom is 0.416 e. The van der Waals surface area contributed by atoms with E-state index in [0.29, 0.717) is 5.92 Å². The number of ether oxygens (including phenoxy) is 1. The molecular formula is C22H28F3NO. The Balaban J connectivity index is 2.36. The Kier molecular flexibility index (Phi) is 7.57. The number of hydrogen-bond donors (Lipinski definition) is 0. The summed E-state index contributed by atoms with van der Waals surface area (Å²) in [5.41, 5.74) is 1.05. The van der Waals surface area contributed by atoms with Gasteiger partial charge in [0.1, 0.15) is 5.75 Å². The Hall–Kier alpha value is -2.17. The molecule has 2 nitrogen and oxygen atoms in total. The summed E-state index contributed by atoms with van der Waals surface area (Å²) in [5, 5.41) is 0. The first kappa shape index (κ1) is 21.1. The molecule has 1 unspecified atom stereocenters. The van der Waals surface area contributed by atoms with Gasteiger partial charge in [0.25, 0.3) is 0 Å². The topological polar surface area (TPSA) is 12.5 Å². The molecule has 0 heterocycles. The molecule has 2 aromatic carbocycles. The first-order valence-electron chi connectivity index (χ1n) is 9.47. The minimum absolute atomic E-state index is 0.471. The first-order chi connectivity index (χ1) is 12.9. The highest BCUT2D eigenvalue weighted by Gasteiger charge is 2.30. The molecule has 0 aliphatic heterocycles. The average molecular weight is 379 g/mol. The minimum atomic E-state index is -4.33. The smallest absolute Gasteiger partial charge is 0.416 e. The fourth-order valence-corrected chi connectivity index (χ4v) is 3.14. The summed E-state index contributed by atoms with van der Waals surface area (Å²) < 4.78 is 44.1. The summed E-state index contributed by atoms with van der Waals surface area (Å²) in [5.74, 6) is 1.20. The fraction of sp³-hybridized carbons (Fsp3) is 0.455. The van der Waals surface area contributed by atoms with Gasteiger partial charge in [-0.3, -0.25) is 0 Å². The van der Waals surface area contributed by atoms with E-state index in [2.05, 4.69) is 18.7 Å². The molecule has 0 radical (unpaired) electrons. The van der Waals surface area contributed by atoms with E-state index in [9.17, 15) is 13.2 Å². The van der Waals surface area contributed by atoms with E-state index in [1.54, 1.807) is 19.2 Å². The maximum absolute atomic E-state index is 12.9. The Morgan fingerprint density at radius 3 is 2.26 bits per heavy atom. The van der Waals surface area contributed by atoms with Crippen molar-refractivity contribution < 1.29 is 17.9 Å². The van der Waals surface area contributed by atoms with Crippen molar-refractivity contribution in [1.29, 1.82) is 0 Å². The number of unbranched alkanes of at least 4 members (excludes halogenated alkanes) is 1. The predicted molar refractivity (Wildman–Crippen MR) is 105 cm³/mol. The Labute approximate surface area is 160 Å². The second-order valence-electron chi connectivity index (χ2n) is 6.77. The lowest BCUT2D eigenvalue weighted by Gasteiger charge is -2.30. The molecule has 0 aromatic heterocycles. The van der Waals surface area contributed by atoms with Crippen molar-refractivity contribution in [3.8, 4) is 5.75 Å². The van der Waals surface area contributed by atoms with Gasteiger partial charge in [-0.2, -0.15) is 13.2 Å². The first-order valence-corrected chi connectivity index (χ1v) is 9.47. The molecule has 148 valence electrons. The molecule has 2 rings (SSSR count). The van der Waals surface area contributed by atoms with Gasteiger partial charge in [-0.1, -0.05) is 39.2 Å². The lowest BCUT2D eigenvalue weighted by Crippen LogP contribution is -2.25. The summed E-state index contributed by atoms with van der Waals surface area (Å²) >= 11 is 0. The lowest BCUT2D eigenvalue weighted by atomic mass is 9.98. The summed E-state index contributed by atoms with van der Waals surface area (Å²) in [6.45, 7) is 5.09. The number of methoxy groups -OCH3 is 1. The zero-order valence-electron chi connectivity index (χ0n) is 16.2. The van der Waals surface area contributed by atoms with Crippen molar-refractivity contribution in [2.75, 3.05) is 18.6 Å². The fourth-order valence-electron chi connectivity index (χ4n) is 3.14. The number of nitrogens with zero attached hydrogens (tertiary/aromatic N) is 1. The van der Waals surface area contributed by atoms with E-state index in [4.69, 9.17) is 4.74 Å². The van der Waals surface area contributed by atoms with Crippen LogP contribution in [0.1, 0.15) is 45.1 Å². The normalized spacial score (nSPS) is 12.7. The van der Waals surface area contributed by atoms with Crippen LogP contribution in [0.2, 0.25) is 0 Å². The predicted octanol–water partition coefficient (Wildman–Crippen LogP) is 7.07. The van der Waals surface area contributed by atoms with Crippen LogP contribution in [0.25, 0.3) is 0 Å². The summed E-state index contributed by atoms with van der Waals surface area (Å²) in [4.78, 5) is 2.09. The molecular weight excluding hydrogens is 351 g/mol. The van der Waals surface area contributed by atoms with Crippen molar-refractivity contribution in [2.24, 2.45) is 5.92 Å². The molecule has 5 heteroatoms. The van der Waals surface area contributed by atoms with E-state index >= 15 is 0 Å². The third kappa shape index (κ3) is 5.91. The summed E-state index contributed by atoms with van der Waals surface area (Å²) in [6.07, 6.45) is 0.0923. The van der Waals surface area contributed by atoms with Crippen molar-refractivity contribution >= 4 is 11.4 Å². The quantitative estimate of drug-likeness (QED) is 0.462. The number of rotatable bonds is 9. The van der Waals surface area contributed by atoms with Gasteiger partial charge in [0.15, 0.2) is 0 Å². The number of alkyl halides is 3. The van der Waals surface area contributed by atoms with Crippen LogP contribution < -0.4 is 9.64 Å². The molecule has 0 amide bonds. The third-order valence-corrected chi connectivity index (χ3v) is 4.86. The van der Waals surface area contributed by atoms with E-state index in [1.165, 1.54) is 0 Å². The molecule has 0 bridgehead atoms. The van der Waals surface area contributed by atoms with Crippen molar-refractivity contribution in [3.05, 3.63) is 54.1 Å². The van der Waals surface area contributed by atoms with Gasteiger partial charge >= 0.3 is 6.18 Å². The highest BCUT2D eigenvalue weighted by Crippen LogP contribution is 2.34. The van der Waals surface area contributed by atoms with Crippen LogP contribution in [-0.2, 0) is 6.18 Å². The summed E-state index contributed by atoms with van der Waals surface area (Å²) in [7, 11) is 1.61. The van der Waals surface area contributed by atoms with E-state index in [1.807, 2.05) is 24.3 Å². The monoisotopic (exact) mass is 379 g/mol. The van der Waals surface area contributed by atoms with Crippen molar-refractivity contribution in [3.63, 3.8) is 0 Å². The second kappa shape index (κ2) is 9.67. The summed E-state index contributed by atoms with van der Waals surface area (Å²) in [6, 6.07) is 13.0. The molecule has 1 atom stereocenters. The van der Waals surface area contributed by atoms with Gasteiger partial charge in [0, 0.05) is 24.0 Å². The average Bonchev–Trinajstić information content (AvgIpc) is 2.68. The van der Waals surface area contributed by atoms with Crippen LogP contribution in [0, 0.1) is 5.92 Å². The van der Waals surface area contributed by atoms with Crippen LogP contribution in [0.4, 0.5) is 24.5 Å². The van der Waals surface area contributed by atoms with Crippen LogP contribution >= 0.6 is 0 Å². The van der Waals surface area contributed by atoms with Crippen LogP contribution in [0.5, 0.6) is 5.75 Å².